The molecule has 0 saturated carbocycles. The number of hydrogen-bond donors (Lipinski definition) is 0. The molecule has 0 heterocycles. The Bertz CT molecular complexity index is 138. The summed E-state index contributed by atoms with van der Waals surface area (Å²) >= 11 is 0. The van der Waals surface area contributed by atoms with Gasteiger partial charge in [-0.25, -0.2) is 4.39 Å². The van der Waals surface area contributed by atoms with Crippen molar-refractivity contribution in [3.63, 3.8) is 0 Å². The number of hydrogen-bond acceptors (Lipinski definition) is 0. The fourth-order valence-corrected chi connectivity index (χ4v) is 0.415. The molecule has 0 spiro atoms. The third kappa shape index (κ3) is 2.16. The molecule has 8 heavy (non-hydrogen) atoms. The molecule has 0 bridgehead atoms. The number of benzene rings is 1. The van der Waals surface area contributed by atoms with Crippen LogP contribution in [0.15, 0.2) is 30.3 Å². The van der Waals surface area contributed by atoms with Crippen molar-refractivity contribution in [1.29, 1.82) is 0 Å². The molecule has 2 heteroatoms. The van der Waals surface area contributed by atoms with Gasteiger partial charge in [0.1, 0.15) is 5.82 Å². The summed E-state index contributed by atoms with van der Waals surface area (Å²) in [4.78, 5) is 0. The van der Waals surface area contributed by atoms with Crippen LogP contribution < -0.4 is 0 Å². The Morgan fingerprint density at radius 2 is 1.50 bits per heavy atom. The summed E-state index contributed by atoms with van der Waals surface area (Å²) in [6, 6.07) is 7.94. The van der Waals surface area contributed by atoms with Crippen molar-refractivity contribution in [2.45, 2.75) is 0 Å². The molecule has 0 aliphatic rings. The molecule has 1 rings (SSSR count). The maximum atomic E-state index is 11.9. The monoisotopic (exact) mass is 104 g/mol. The molecule has 0 radical (unpaired) electrons. The second-order valence-electron chi connectivity index (χ2n) is 1.30. The van der Waals surface area contributed by atoms with E-state index in [4.69, 9.17) is 0 Å². The van der Waals surface area contributed by atoms with Gasteiger partial charge in [0.15, 0.2) is 0 Å². The summed E-state index contributed by atoms with van der Waals surface area (Å²) in [5.74, 6) is -0.178. The van der Waals surface area contributed by atoms with E-state index < -0.39 is 0 Å². The molecule has 0 amide bonds. The van der Waals surface area contributed by atoms with Crippen LogP contribution in [-0.2, 0) is 0 Å². The molecule has 0 aliphatic carbocycles. The zero-order chi connectivity index (χ0) is 5.11. The summed E-state index contributed by atoms with van der Waals surface area (Å²) in [6.45, 7) is 0. The fraction of sp³-hybridized carbons (Fsp3) is 0. The van der Waals surface area contributed by atoms with Crippen molar-refractivity contribution in [3.05, 3.63) is 36.1 Å². The summed E-state index contributed by atoms with van der Waals surface area (Å²) in [5, 5.41) is 0. The SMILES string of the molecule is Fc1ccccc1.[LiH]. The van der Waals surface area contributed by atoms with Crippen molar-refractivity contribution < 1.29 is 4.39 Å². The molecule has 1 aromatic carbocycles. The first-order chi connectivity index (χ1) is 3.39. The van der Waals surface area contributed by atoms with Gasteiger partial charge in [-0.1, -0.05) is 18.2 Å². The average molecular weight is 104 g/mol. The van der Waals surface area contributed by atoms with Gasteiger partial charge >= 0.3 is 18.9 Å². The molecule has 38 valence electrons. The molecule has 0 saturated heterocycles. The third-order valence-electron chi connectivity index (χ3n) is 0.733. The van der Waals surface area contributed by atoms with E-state index in [0.29, 0.717) is 0 Å². The van der Waals surface area contributed by atoms with E-state index in [9.17, 15) is 4.39 Å². The summed E-state index contributed by atoms with van der Waals surface area (Å²) in [7, 11) is 0. The van der Waals surface area contributed by atoms with Crippen LogP contribution in [-0.4, -0.2) is 18.9 Å². The first-order valence-electron chi connectivity index (χ1n) is 2.10. The first-order valence-corrected chi connectivity index (χ1v) is 2.10. The molecule has 0 atom stereocenters. The maximum absolute atomic E-state index is 11.9. The minimum absolute atomic E-state index is 0. The Hall–Kier alpha value is -0.253. The van der Waals surface area contributed by atoms with Gasteiger partial charge in [-0.3, -0.25) is 0 Å². The van der Waals surface area contributed by atoms with Gasteiger partial charge in [0, 0.05) is 0 Å². The van der Waals surface area contributed by atoms with Gasteiger partial charge < -0.3 is 0 Å². The van der Waals surface area contributed by atoms with Crippen LogP contribution in [0.4, 0.5) is 4.39 Å². The molecule has 0 fully saturated rings. The normalized spacial score (nSPS) is 7.62. The molecule has 0 aliphatic heterocycles. The van der Waals surface area contributed by atoms with Crippen LogP contribution in [0.3, 0.4) is 0 Å². The molecule has 0 N–H and O–H groups in total. The number of rotatable bonds is 0. The standard InChI is InChI=1S/C6H5F.Li.H/c7-6-4-2-1-3-5-6;;/h1-5H;;. The van der Waals surface area contributed by atoms with Gasteiger partial charge in [-0.05, 0) is 12.1 Å². The summed E-state index contributed by atoms with van der Waals surface area (Å²) < 4.78 is 11.9. The van der Waals surface area contributed by atoms with Gasteiger partial charge in [0.05, 0.1) is 0 Å². The van der Waals surface area contributed by atoms with E-state index in [1.807, 2.05) is 0 Å². The van der Waals surface area contributed by atoms with Crippen molar-refractivity contribution in [1.82, 2.24) is 0 Å². The minimum atomic E-state index is -0.178. The van der Waals surface area contributed by atoms with Crippen molar-refractivity contribution in [2.75, 3.05) is 0 Å². The Labute approximate surface area is 59.9 Å². The zero-order valence-corrected chi connectivity index (χ0v) is 3.76. The molecule has 0 nitrogen and oxygen atoms in total. The zero-order valence-electron chi connectivity index (χ0n) is 3.76. The molecular formula is C6H6FLi. The van der Waals surface area contributed by atoms with Crippen LogP contribution in [0.2, 0.25) is 0 Å². The van der Waals surface area contributed by atoms with Crippen LogP contribution in [0.5, 0.6) is 0 Å². The average Bonchev–Trinajstić information content (AvgIpc) is 1.69. The van der Waals surface area contributed by atoms with Gasteiger partial charge in [-0.15, -0.1) is 0 Å². The Balaban J connectivity index is 0.000000490. The van der Waals surface area contributed by atoms with Crippen molar-refractivity contribution in [2.24, 2.45) is 0 Å². The second-order valence-corrected chi connectivity index (χ2v) is 1.30. The van der Waals surface area contributed by atoms with Gasteiger partial charge in [0.25, 0.3) is 0 Å². The second kappa shape index (κ2) is 3.71. The van der Waals surface area contributed by atoms with Crippen molar-refractivity contribution >= 4 is 18.9 Å². The van der Waals surface area contributed by atoms with Crippen LogP contribution >= 0.6 is 0 Å². The Kier molecular flexibility index (Phi) is 3.60. The van der Waals surface area contributed by atoms with E-state index in [2.05, 4.69) is 0 Å². The number of halogens is 1. The third-order valence-corrected chi connectivity index (χ3v) is 0.733. The van der Waals surface area contributed by atoms with E-state index >= 15 is 0 Å². The predicted molar refractivity (Wildman–Crippen MR) is 33.5 cm³/mol. The molecular weight excluding hydrogens is 98.0 g/mol. The van der Waals surface area contributed by atoms with Gasteiger partial charge in [0.2, 0.25) is 0 Å². The quantitative estimate of drug-likeness (QED) is 0.433. The van der Waals surface area contributed by atoms with E-state index in [0.717, 1.165) is 0 Å². The topological polar surface area (TPSA) is 0 Å². The van der Waals surface area contributed by atoms with Crippen LogP contribution in [0.25, 0.3) is 0 Å². The van der Waals surface area contributed by atoms with Gasteiger partial charge in [-0.2, -0.15) is 0 Å². The van der Waals surface area contributed by atoms with Crippen LogP contribution in [0.1, 0.15) is 0 Å². The van der Waals surface area contributed by atoms with E-state index in [-0.39, 0.29) is 24.7 Å². The van der Waals surface area contributed by atoms with E-state index in [1.54, 1.807) is 18.2 Å². The molecule has 1 aromatic rings. The predicted octanol–water partition coefficient (Wildman–Crippen LogP) is 1.18. The fourth-order valence-electron chi connectivity index (χ4n) is 0.415. The Morgan fingerprint density at radius 3 is 1.75 bits per heavy atom. The van der Waals surface area contributed by atoms with Crippen LogP contribution in [0, 0.1) is 5.82 Å². The van der Waals surface area contributed by atoms with Crippen molar-refractivity contribution in [3.8, 4) is 0 Å². The Morgan fingerprint density at radius 1 is 1.00 bits per heavy atom. The first kappa shape index (κ1) is 7.75. The molecule has 0 aromatic heterocycles. The molecule has 0 unspecified atom stereocenters. The van der Waals surface area contributed by atoms with E-state index in [1.165, 1.54) is 12.1 Å². The summed E-state index contributed by atoms with van der Waals surface area (Å²) in [6.07, 6.45) is 0. The summed E-state index contributed by atoms with van der Waals surface area (Å²) in [5.41, 5.74) is 0.